The lowest BCUT2D eigenvalue weighted by Gasteiger charge is -2.20. The van der Waals surface area contributed by atoms with Gasteiger partial charge in [-0.3, -0.25) is 0 Å². The van der Waals surface area contributed by atoms with Crippen LogP contribution in [0.25, 0.3) is 0 Å². The van der Waals surface area contributed by atoms with Crippen molar-refractivity contribution in [1.82, 2.24) is 5.32 Å². The third-order valence-corrected chi connectivity index (χ3v) is 2.72. The minimum atomic E-state index is -0.518. The van der Waals surface area contributed by atoms with Crippen LogP contribution in [-0.2, 0) is 18.9 Å². The van der Waals surface area contributed by atoms with Crippen LogP contribution in [0.4, 0.5) is 0 Å². The van der Waals surface area contributed by atoms with E-state index in [1.165, 1.54) is 0 Å². The number of methoxy groups -OCH3 is 1. The first kappa shape index (κ1) is 18.3. The fraction of sp³-hybridized carbons (Fsp3) is 0.923. The first-order valence-electron chi connectivity index (χ1n) is 6.51. The zero-order chi connectivity index (χ0) is 14.4. The summed E-state index contributed by atoms with van der Waals surface area (Å²) in [5.41, 5.74) is -0.518. The number of nitrogens with one attached hydrogen (secondary N) is 1. The third kappa shape index (κ3) is 10.9. The molecule has 19 heavy (non-hydrogen) atoms. The number of nitriles is 1. The number of nitrogens with zero attached hydrogens (tertiary/aromatic N) is 1. The molecule has 1 N–H and O–H groups in total. The summed E-state index contributed by atoms with van der Waals surface area (Å²) in [5, 5.41) is 11.9. The minimum absolute atomic E-state index is 0.518. The molecule has 0 amide bonds. The molecule has 0 aromatic rings. The predicted octanol–water partition coefficient (Wildman–Crippen LogP) is 0.574. The molecule has 1 unspecified atom stereocenters. The SMILES string of the molecule is CNC(C)(C#N)CCOCCOCCOCCOC. The molecule has 0 rings (SSSR count). The van der Waals surface area contributed by atoms with E-state index in [1.807, 2.05) is 6.92 Å². The van der Waals surface area contributed by atoms with Crippen LogP contribution in [0.3, 0.4) is 0 Å². The van der Waals surface area contributed by atoms with Crippen LogP contribution in [0.2, 0.25) is 0 Å². The summed E-state index contributed by atoms with van der Waals surface area (Å²) in [6, 6.07) is 2.21. The molecule has 6 heteroatoms. The van der Waals surface area contributed by atoms with Crippen LogP contribution in [0.15, 0.2) is 0 Å². The van der Waals surface area contributed by atoms with E-state index in [0.717, 1.165) is 0 Å². The molecule has 112 valence electrons. The number of ether oxygens (including phenoxy) is 4. The second kappa shape index (κ2) is 12.3. The molecule has 0 heterocycles. The van der Waals surface area contributed by atoms with Crippen molar-refractivity contribution in [1.29, 1.82) is 5.26 Å². The molecule has 0 bridgehead atoms. The van der Waals surface area contributed by atoms with Crippen molar-refractivity contribution in [3.8, 4) is 6.07 Å². The summed E-state index contributed by atoms with van der Waals surface area (Å²) in [7, 11) is 3.42. The highest BCUT2D eigenvalue weighted by Gasteiger charge is 2.20. The van der Waals surface area contributed by atoms with Crippen LogP contribution < -0.4 is 5.32 Å². The van der Waals surface area contributed by atoms with Crippen LogP contribution in [0, 0.1) is 11.3 Å². The highest BCUT2D eigenvalue weighted by Crippen LogP contribution is 2.06. The fourth-order valence-electron chi connectivity index (χ4n) is 1.20. The van der Waals surface area contributed by atoms with E-state index in [1.54, 1.807) is 14.2 Å². The van der Waals surface area contributed by atoms with Gasteiger partial charge in [-0.15, -0.1) is 0 Å². The Morgan fingerprint density at radius 2 is 1.42 bits per heavy atom. The van der Waals surface area contributed by atoms with E-state index in [-0.39, 0.29) is 0 Å². The van der Waals surface area contributed by atoms with E-state index >= 15 is 0 Å². The van der Waals surface area contributed by atoms with Crippen LogP contribution in [-0.4, -0.2) is 65.9 Å². The first-order valence-corrected chi connectivity index (χ1v) is 6.51. The maximum atomic E-state index is 8.93. The lowest BCUT2D eigenvalue weighted by atomic mass is 10.0. The van der Waals surface area contributed by atoms with Crippen molar-refractivity contribution >= 4 is 0 Å². The molecule has 0 radical (unpaired) electrons. The van der Waals surface area contributed by atoms with Crippen LogP contribution >= 0.6 is 0 Å². The molecule has 0 fully saturated rings. The average molecular weight is 274 g/mol. The van der Waals surface area contributed by atoms with Gasteiger partial charge in [-0.1, -0.05) is 0 Å². The Morgan fingerprint density at radius 1 is 0.947 bits per heavy atom. The van der Waals surface area contributed by atoms with Crippen molar-refractivity contribution in [2.75, 3.05) is 60.4 Å². The van der Waals surface area contributed by atoms with Gasteiger partial charge in [0.1, 0.15) is 5.54 Å². The second-order valence-corrected chi connectivity index (χ2v) is 4.27. The van der Waals surface area contributed by atoms with E-state index in [4.69, 9.17) is 24.2 Å². The smallest absolute Gasteiger partial charge is 0.105 e. The molecule has 1 atom stereocenters. The van der Waals surface area contributed by atoms with Crippen molar-refractivity contribution in [2.24, 2.45) is 0 Å². The topological polar surface area (TPSA) is 72.7 Å². The molecular formula is C13H26N2O4. The van der Waals surface area contributed by atoms with Gasteiger partial charge in [0.15, 0.2) is 0 Å². The van der Waals surface area contributed by atoms with Gasteiger partial charge in [-0.25, -0.2) is 0 Å². The van der Waals surface area contributed by atoms with E-state index in [2.05, 4.69) is 11.4 Å². The third-order valence-electron chi connectivity index (χ3n) is 2.72. The Balaban J connectivity index is 3.22. The summed E-state index contributed by atoms with van der Waals surface area (Å²) in [6.07, 6.45) is 0.653. The Hall–Kier alpha value is -0.710. The van der Waals surface area contributed by atoms with Gasteiger partial charge < -0.3 is 24.3 Å². The molecule has 0 aliphatic carbocycles. The van der Waals surface area contributed by atoms with Crippen LogP contribution in [0.1, 0.15) is 13.3 Å². The van der Waals surface area contributed by atoms with Crippen molar-refractivity contribution in [3.63, 3.8) is 0 Å². The largest absolute Gasteiger partial charge is 0.382 e. The summed E-state index contributed by atoms with van der Waals surface area (Å²) < 4.78 is 20.8. The molecule has 0 aliphatic heterocycles. The minimum Gasteiger partial charge on any atom is -0.382 e. The lowest BCUT2D eigenvalue weighted by Crippen LogP contribution is -2.39. The maximum absolute atomic E-state index is 8.93. The van der Waals surface area contributed by atoms with Crippen LogP contribution in [0.5, 0.6) is 0 Å². The van der Waals surface area contributed by atoms with Crippen molar-refractivity contribution < 1.29 is 18.9 Å². The molecular weight excluding hydrogens is 248 g/mol. The van der Waals surface area contributed by atoms with E-state index in [9.17, 15) is 0 Å². The molecule has 0 saturated carbocycles. The van der Waals surface area contributed by atoms with Crippen molar-refractivity contribution in [2.45, 2.75) is 18.9 Å². The molecule has 0 spiro atoms. The molecule has 0 aromatic carbocycles. The quantitative estimate of drug-likeness (QED) is 0.495. The summed E-state index contributed by atoms with van der Waals surface area (Å²) in [4.78, 5) is 0. The number of hydrogen-bond donors (Lipinski definition) is 1. The van der Waals surface area contributed by atoms with Gasteiger partial charge in [-0.05, 0) is 14.0 Å². The Labute approximate surface area is 116 Å². The lowest BCUT2D eigenvalue weighted by molar-refractivity contribution is 0.00214. The second-order valence-electron chi connectivity index (χ2n) is 4.27. The number of hydrogen-bond acceptors (Lipinski definition) is 6. The summed E-state index contributed by atoms with van der Waals surface area (Å²) in [5.74, 6) is 0. The van der Waals surface area contributed by atoms with Gasteiger partial charge in [0.25, 0.3) is 0 Å². The molecule has 0 aromatic heterocycles. The summed E-state index contributed by atoms with van der Waals surface area (Å²) in [6.45, 7) is 5.77. The summed E-state index contributed by atoms with van der Waals surface area (Å²) >= 11 is 0. The van der Waals surface area contributed by atoms with E-state index < -0.39 is 5.54 Å². The maximum Gasteiger partial charge on any atom is 0.105 e. The van der Waals surface area contributed by atoms with Gasteiger partial charge in [-0.2, -0.15) is 5.26 Å². The zero-order valence-corrected chi connectivity index (χ0v) is 12.2. The highest BCUT2D eigenvalue weighted by atomic mass is 16.6. The fourth-order valence-corrected chi connectivity index (χ4v) is 1.20. The van der Waals surface area contributed by atoms with Gasteiger partial charge >= 0.3 is 0 Å². The first-order chi connectivity index (χ1) is 9.18. The predicted molar refractivity (Wildman–Crippen MR) is 72.0 cm³/mol. The monoisotopic (exact) mass is 274 g/mol. The zero-order valence-electron chi connectivity index (χ0n) is 12.2. The Morgan fingerprint density at radius 3 is 1.84 bits per heavy atom. The van der Waals surface area contributed by atoms with Gasteiger partial charge in [0.05, 0.1) is 45.7 Å². The molecule has 6 nitrogen and oxygen atoms in total. The van der Waals surface area contributed by atoms with Gasteiger partial charge in [0.2, 0.25) is 0 Å². The van der Waals surface area contributed by atoms with Gasteiger partial charge in [0, 0.05) is 20.1 Å². The Bertz CT molecular complexity index is 245. The average Bonchev–Trinajstić information content (AvgIpc) is 2.44. The molecule has 0 saturated heterocycles. The Kier molecular flexibility index (Phi) is 11.9. The number of rotatable bonds is 13. The highest BCUT2D eigenvalue weighted by molar-refractivity contribution is 5.02. The van der Waals surface area contributed by atoms with Crippen molar-refractivity contribution in [3.05, 3.63) is 0 Å². The van der Waals surface area contributed by atoms with E-state index in [0.29, 0.717) is 52.7 Å². The molecule has 0 aliphatic rings. The standard InChI is InChI=1S/C13H26N2O4/c1-13(12-14,15-2)4-5-17-8-9-19-11-10-18-7-6-16-3/h15H,4-11H2,1-3H3. The normalized spacial score (nSPS) is 14.0.